The summed E-state index contributed by atoms with van der Waals surface area (Å²) in [4.78, 5) is 0. The zero-order chi connectivity index (χ0) is 9.14. The molecule has 0 atom stereocenters. The lowest BCUT2D eigenvalue weighted by atomic mass is 10.2. The van der Waals surface area contributed by atoms with E-state index in [0.29, 0.717) is 11.3 Å². The smallest absolute Gasteiger partial charge is 0.162 e. The fourth-order valence-corrected chi connectivity index (χ4v) is 0.923. The zero-order valence-electron chi connectivity index (χ0n) is 6.74. The van der Waals surface area contributed by atoms with Gasteiger partial charge in [-0.05, 0) is 6.07 Å². The van der Waals surface area contributed by atoms with Crippen molar-refractivity contribution in [2.75, 3.05) is 7.11 Å². The Morgan fingerprint density at radius 1 is 1.42 bits per heavy atom. The highest BCUT2D eigenvalue weighted by Crippen LogP contribution is 2.32. The number of rotatable bonds is 2. The van der Waals surface area contributed by atoms with Crippen molar-refractivity contribution in [1.82, 2.24) is 0 Å². The predicted octanol–water partition coefficient (Wildman–Crippen LogP) is 0.565. The van der Waals surface area contributed by atoms with Gasteiger partial charge in [-0.1, -0.05) is 0 Å². The molecule has 0 amide bonds. The first-order chi connectivity index (χ1) is 5.69. The van der Waals surface area contributed by atoms with Crippen molar-refractivity contribution in [1.29, 1.82) is 0 Å². The minimum atomic E-state index is -0.213. The lowest BCUT2D eigenvalue weighted by Gasteiger charge is -2.06. The first kappa shape index (κ1) is 8.67. The van der Waals surface area contributed by atoms with Gasteiger partial charge in [0, 0.05) is 18.2 Å². The molecule has 66 valence electrons. The molecule has 0 radical (unpaired) electrons. The summed E-state index contributed by atoms with van der Waals surface area (Å²) >= 11 is 0. The van der Waals surface area contributed by atoms with E-state index in [1.165, 1.54) is 13.2 Å². The molecule has 0 fully saturated rings. The quantitative estimate of drug-likeness (QED) is 0.565. The number of hydrogen-bond acceptors (Lipinski definition) is 4. The third kappa shape index (κ3) is 1.43. The Balaban J connectivity index is 3.19. The largest absolute Gasteiger partial charge is 0.504 e. The molecule has 4 nitrogen and oxygen atoms in total. The van der Waals surface area contributed by atoms with Crippen LogP contribution >= 0.6 is 0 Å². The van der Waals surface area contributed by atoms with Crippen molar-refractivity contribution in [3.05, 3.63) is 17.7 Å². The van der Waals surface area contributed by atoms with Crippen molar-refractivity contribution < 1.29 is 14.9 Å². The second kappa shape index (κ2) is 3.32. The Morgan fingerprint density at radius 3 is 2.58 bits per heavy atom. The van der Waals surface area contributed by atoms with Crippen LogP contribution in [-0.4, -0.2) is 17.3 Å². The molecule has 0 aliphatic rings. The van der Waals surface area contributed by atoms with Crippen LogP contribution in [0.5, 0.6) is 17.2 Å². The number of phenolic OH excluding ortho intramolecular Hbond substituents is 2. The number of benzene rings is 1. The molecule has 0 aromatic heterocycles. The second-order valence-corrected chi connectivity index (χ2v) is 2.36. The van der Waals surface area contributed by atoms with Gasteiger partial charge in [0.1, 0.15) is 5.75 Å². The maximum absolute atomic E-state index is 9.23. The van der Waals surface area contributed by atoms with Crippen LogP contribution in [0.15, 0.2) is 12.1 Å². The van der Waals surface area contributed by atoms with Gasteiger partial charge in [-0.3, -0.25) is 0 Å². The molecule has 0 heterocycles. The molecule has 4 heteroatoms. The van der Waals surface area contributed by atoms with Crippen molar-refractivity contribution in [3.63, 3.8) is 0 Å². The van der Waals surface area contributed by atoms with Gasteiger partial charge in [0.15, 0.2) is 11.5 Å². The molecule has 0 aliphatic carbocycles. The number of hydrogen-bond donors (Lipinski definition) is 3. The minimum Gasteiger partial charge on any atom is -0.504 e. The van der Waals surface area contributed by atoms with Gasteiger partial charge >= 0.3 is 0 Å². The van der Waals surface area contributed by atoms with Crippen molar-refractivity contribution in [2.45, 2.75) is 6.54 Å². The molecule has 0 saturated heterocycles. The van der Waals surface area contributed by atoms with Crippen molar-refractivity contribution in [3.8, 4) is 17.2 Å². The molecular weight excluding hydrogens is 158 g/mol. The summed E-state index contributed by atoms with van der Waals surface area (Å²) in [5, 5.41) is 18.4. The zero-order valence-corrected chi connectivity index (χ0v) is 6.74. The Bertz CT molecular complexity index is 286. The fraction of sp³-hybridized carbons (Fsp3) is 0.250. The Hall–Kier alpha value is -1.42. The molecule has 0 aliphatic heterocycles. The number of nitrogens with two attached hydrogens (primary N) is 1. The average Bonchev–Trinajstić information content (AvgIpc) is 2.09. The van der Waals surface area contributed by atoms with E-state index in [9.17, 15) is 5.11 Å². The average molecular weight is 169 g/mol. The van der Waals surface area contributed by atoms with Crippen LogP contribution in [0.2, 0.25) is 0 Å². The number of phenols is 2. The van der Waals surface area contributed by atoms with Gasteiger partial charge < -0.3 is 20.7 Å². The molecule has 4 N–H and O–H groups in total. The summed E-state index contributed by atoms with van der Waals surface area (Å²) in [5.41, 5.74) is 5.78. The summed E-state index contributed by atoms with van der Waals surface area (Å²) in [6.07, 6.45) is 0. The molecule has 0 unspecified atom stereocenters. The van der Waals surface area contributed by atoms with Crippen LogP contribution in [-0.2, 0) is 6.54 Å². The summed E-state index contributed by atoms with van der Waals surface area (Å²) in [7, 11) is 1.48. The Morgan fingerprint density at radius 2 is 2.08 bits per heavy atom. The topological polar surface area (TPSA) is 75.7 Å². The lowest BCUT2D eigenvalue weighted by Crippen LogP contribution is -1.97. The van der Waals surface area contributed by atoms with Crippen LogP contribution in [0, 0.1) is 0 Å². The highest BCUT2D eigenvalue weighted by Gasteiger charge is 2.07. The number of ether oxygens (including phenoxy) is 1. The van der Waals surface area contributed by atoms with E-state index in [1.807, 2.05) is 0 Å². The van der Waals surface area contributed by atoms with Crippen LogP contribution < -0.4 is 10.5 Å². The van der Waals surface area contributed by atoms with Crippen molar-refractivity contribution in [2.24, 2.45) is 5.73 Å². The maximum Gasteiger partial charge on any atom is 0.162 e. The molecule has 12 heavy (non-hydrogen) atoms. The molecule has 0 spiro atoms. The van der Waals surface area contributed by atoms with Crippen LogP contribution in [0.1, 0.15) is 5.56 Å². The Labute approximate surface area is 70.2 Å². The molecule has 1 aromatic carbocycles. The normalized spacial score (nSPS) is 9.83. The summed E-state index contributed by atoms with van der Waals surface area (Å²) in [5.74, 6) is 0.0823. The molecule has 1 rings (SSSR count). The molecular formula is C8H11NO3. The van der Waals surface area contributed by atoms with Gasteiger partial charge in [-0.15, -0.1) is 0 Å². The molecule has 0 saturated carbocycles. The standard InChI is InChI=1S/C8H11NO3/c1-12-6-2-5(4-9)8(11)7(10)3-6/h2-3,10-11H,4,9H2,1H3. The summed E-state index contributed by atoms with van der Waals surface area (Å²) in [6, 6.07) is 2.91. The monoisotopic (exact) mass is 169 g/mol. The minimum absolute atomic E-state index is 0.163. The van der Waals surface area contributed by atoms with Gasteiger partial charge in [0.05, 0.1) is 7.11 Å². The third-order valence-electron chi connectivity index (χ3n) is 1.60. The maximum atomic E-state index is 9.23. The first-order valence-electron chi connectivity index (χ1n) is 3.48. The van der Waals surface area contributed by atoms with Gasteiger partial charge in [0.2, 0.25) is 0 Å². The lowest BCUT2D eigenvalue weighted by molar-refractivity contribution is 0.382. The van der Waals surface area contributed by atoms with Gasteiger partial charge in [-0.2, -0.15) is 0 Å². The van der Waals surface area contributed by atoms with E-state index >= 15 is 0 Å². The van der Waals surface area contributed by atoms with E-state index in [2.05, 4.69) is 0 Å². The Kier molecular flexibility index (Phi) is 2.40. The molecule has 1 aromatic rings. The fourth-order valence-electron chi connectivity index (χ4n) is 0.923. The van der Waals surface area contributed by atoms with Crippen LogP contribution in [0.25, 0.3) is 0 Å². The van der Waals surface area contributed by atoms with Crippen LogP contribution in [0.3, 0.4) is 0 Å². The third-order valence-corrected chi connectivity index (χ3v) is 1.60. The van der Waals surface area contributed by atoms with E-state index in [1.54, 1.807) is 6.07 Å². The summed E-state index contributed by atoms with van der Waals surface area (Å²) < 4.78 is 4.87. The van der Waals surface area contributed by atoms with E-state index in [0.717, 1.165) is 0 Å². The predicted molar refractivity (Wildman–Crippen MR) is 44.2 cm³/mol. The first-order valence-corrected chi connectivity index (χ1v) is 3.48. The van der Waals surface area contributed by atoms with Crippen molar-refractivity contribution >= 4 is 0 Å². The van der Waals surface area contributed by atoms with Gasteiger partial charge in [-0.25, -0.2) is 0 Å². The van der Waals surface area contributed by atoms with E-state index < -0.39 is 0 Å². The van der Waals surface area contributed by atoms with E-state index in [-0.39, 0.29) is 18.0 Å². The van der Waals surface area contributed by atoms with Crippen LogP contribution in [0.4, 0.5) is 0 Å². The SMILES string of the molecule is COc1cc(O)c(O)c(CN)c1. The highest BCUT2D eigenvalue weighted by molar-refractivity contribution is 5.49. The number of aromatic hydroxyl groups is 2. The highest BCUT2D eigenvalue weighted by atomic mass is 16.5. The summed E-state index contributed by atoms with van der Waals surface area (Å²) in [6.45, 7) is 0.163. The van der Waals surface area contributed by atoms with E-state index in [4.69, 9.17) is 15.6 Å². The molecule has 0 bridgehead atoms. The number of methoxy groups -OCH3 is 1. The second-order valence-electron chi connectivity index (χ2n) is 2.36. The van der Waals surface area contributed by atoms with Gasteiger partial charge in [0.25, 0.3) is 0 Å².